The lowest BCUT2D eigenvalue weighted by molar-refractivity contribution is 0.0677. The number of hydrogen-bond donors (Lipinski definition) is 1. The highest BCUT2D eigenvalue weighted by Crippen LogP contribution is 2.11. The second-order valence-corrected chi connectivity index (χ2v) is 3.32. The van der Waals surface area contributed by atoms with Gasteiger partial charge in [0, 0.05) is 6.61 Å². The number of aromatic carboxylic acids is 1. The Morgan fingerprint density at radius 3 is 3.00 bits per heavy atom. The van der Waals surface area contributed by atoms with E-state index in [0.717, 1.165) is 19.3 Å². The SMILES string of the molecule is CCCCCOCc1occc1C(=O)O. The van der Waals surface area contributed by atoms with Crippen LogP contribution >= 0.6 is 0 Å². The van der Waals surface area contributed by atoms with Crippen molar-refractivity contribution >= 4 is 5.97 Å². The van der Waals surface area contributed by atoms with Gasteiger partial charge in [0.25, 0.3) is 0 Å². The third-order valence-corrected chi connectivity index (χ3v) is 2.10. The molecule has 0 unspecified atom stereocenters. The number of ether oxygens (including phenoxy) is 1. The first-order chi connectivity index (χ1) is 7.25. The van der Waals surface area contributed by atoms with Crippen LogP contribution in [0.1, 0.15) is 42.3 Å². The minimum Gasteiger partial charge on any atom is -0.478 e. The summed E-state index contributed by atoms with van der Waals surface area (Å²) in [6.07, 6.45) is 4.64. The van der Waals surface area contributed by atoms with Crippen molar-refractivity contribution in [2.75, 3.05) is 6.61 Å². The van der Waals surface area contributed by atoms with Gasteiger partial charge in [-0.3, -0.25) is 0 Å². The van der Waals surface area contributed by atoms with E-state index < -0.39 is 5.97 Å². The number of furan rings is 1. The third-order valence-electron chi connectivity index (χ3n) is 2.10. The Morgan fingerprint density at radius 1 is 1.53 bits per heavy atom. The smallest absolute Gasteiger partial charge is 0.339 e. The molecule has 0 saturated carbocycles. The van der Waals surface area contributed by atoms with Gasteiger partial charge in [-0.2, -0.15) is 0 Å². The van der Waals surface area contributed by atoms with Crippen molar-refractivity contribution in [3.63, 3.8) is 0 Å². The molecule has 4 heteroatoms. The standard InChI is InChI=1S/C11H16O4/c1-2-3-4-6-14-8-10-9(11(12)13)5-7-15-10/h5,7H,2-4,6,8H2,1H3,(H,12,13). The second kappa shape index (κ2) is 6.24. The summed E-state index contributed by atoms with van der Waals surface area (Å²) >= 11 is 0. The molecule has 4 nitrogen and oxygen atoms in total. The van der Waals surface area contributed by atoms with Crippen LogP contribution in [-0.4, -0.2) is 17.7 Å². The Hall–Kier alpha value is -1.29. The van der Waals surface area contributed by atoms with Gasteiger partial charge < -0.3 is 14.3 Å². The van der Waals surface area contributed by atoms with E-state index in [0.29, 0.717) is 12.4 Å². The number of hydrogen-bond acceptors (Lipinski definition) is 3. The predicted octanol–water partition coefficient (Wildman–Crippen LogP) is 2.68. The van der Waals surface area contributed by atoms with E-state index in [9.17, 15) is 4.79 Å². The van der Waals surface area contributed by atoms with Crippen molar-refractivity contribution < 1.29 is 19.1 Å². The highest BCUT2D eigenvalue weighted by molar-refractivity contribution is 5.88. The highest BCUT2D eigenvalue weighted by Gasteiger charge is 2.12. The van der Waals surface area contributed by atoms with E-state index in [1.165, 1.54) is 12.3 Å². The molecule has 0 spiro atoms. The van der Waals surface area contributed by atoms with E-state index in [-0.39, 0.29) is 12.2 Å². The maximum atomic E-state index is 10.7. The van der Waals surface area contributed by atoms with Crippen molar-refractivity contribution in [1.29, 1.82) is 0 Å². The van der Waals surface area contributed by atoms with E-state index in [2.05, 4.69) is 6.92 Å². The number of unbranched alkanes of at least 4 members (excludes halogenated alkanes) is 2. The molecule has 0 amide bonds. The summed E-state index contributed by atoms with van der Waals surface area (Å²) in [6, 6.07) is 1.44. The van der Waals surface area contributed by atoms with Gasteiger partial charge in [0.05, 0.1) is 6.26 Å². The van der Waals surface area contributed by atoms with Crippen molar-refractivity contribution in [3.05, 3.63) is 23.7 Å². The van der Waals surface area contributed by atoms with E-state index >= 15 is 0 Å². The van der Waals surface area contributed by atoms with Gasteiger partial charge in [-0.1, -0.05) is 19.8 Å². The van der Waals surface area contributed by atoms with Crippen LogP contribution in [0.4, 0.5) is 0 Å². The zero-order valence-electron chi connectivity index (χ0n) is 8.86. The number of carbonyl (C=O) groups is 1. The molecule has 1 heterocycles. The molecule has 0 aliphatic rings. The molecular formula is C11H16O4. The molecule has 1 aromatic rings. The van der Waals surface area contributed by atoms with Crippen LogP contribution in [0.3, 0.4) is 0 Å². The first-order valence-corrected chi connectivity index (χ1v) is 5.13. The van der Waals surface area contributed by atoms with Crippen LogP contribution in [0.15, 0.2) is 16.7 Å². The molecule has 0 aliphatic carbocycles. The number of rotatable bonds is 7. The van der Waals surface area contributed by atoms with Gasteiger partial charge in [0.2, 0.25) is 0 Å². The van der Waals surface area contributed by atoms with Gasteiger partial charge in [-0.15, -0.1) is 0 Å². The summed E-state index contributed by atoms with van der Waals surface area (Å²) in [5.74, 6) is -0.588. The van der Waals surface area contributed by atoms with Crippen LogP contribution < -0.4 is 0 Å². The fourth-order valence-electron chi connectivity index (χ4n) is 1.26. The normalized spacial score (nSPS) is 10.5. The summed E-state index contributed by atoms with van der Waals surface area (Å²) in [6.45, 7) is 3.00. The Morgan fingerprint density at radius 2 is 2.33 bits per heavy atom. The van der Waals surface area contributed by atoms with Gasteiger partial charge in [0.15, 0.2) is 0 Å². The first-order valence-electron chi connectivity index (χ1n) is 5.13. The van der Waals surface area contributed by atoms with E-state index in [4.69, 9.17) is 14.3 Å². The largest absolute Gasteiger partial charge is 0.478 e. The monoisotopic (exact) mass is 212 g/mol. The lowest BCUT2D eigenvalue weighted by atomic mass is 10.2. The fraction of sp³-hybridized carbons (Fsp3) is 0.545. The Labute approximate surface area is 88.8 Å². The Kier molecular flexibility index (Phi) is 4.90. The summed E-state index contributed by atoms with van der Waals surface area (Å²) in [7, 11) is 0. The minimum absolute atomic E-state index is 0.186. The third kappa shape index (κ3) is 3.75. The molecule has 0 fully saturated rings. The molecule has 84 valence electrons. The molecule has 0 atom stereocenters. The van der Waals surface area contributed by atoms with Gasteiger partial charge in [-0.05, 0) is 12.5 Å². The van der Waals surface area contributed by atoms with E-state index in [1.54, 1.807) is 0 Å². The number of carboxylic acids is 1. The Bertz CT molecular complexity index is 303. The molecule has 0 bridgehead atoms. The number of carboxylic acid groups (broad SMARTS) is 1. The average Bonchev–Trinajstić information content (AvgIpc) is 2.66. The fourth-order valence-corrected chi connectivity index (χ4v) is 1.26. The highest BCUT2D eigenvalue weighted by atomic mass is 16.5. The summed E-state index contributed by atoms with van der Waals surface area (Å²) in [5.41, 5.74) is 0.186. The summed E-state index contributed by atoms with van der Waals surface area (Å²) < 4.78 is 10.3. The maximum absolute atomic E-state index is 10.7. The molecule has 0 saturated heterocycles. The lowest BCUT2D eigenvalue weighted by Gasteiger charge is -2.02. The van der Waals surface area contributed by atoms with Gasteiger partial charge in [0.1, 0.15) is 17.9 Å². The van der Waals surface area contributed by atoms with Crippen molar-refractivity contribution in [2.45, 2.75) is 32.8 Å². The molecule has 0 aliphatic heterocycles. The molecule has 1 N–H and O–H groups in total. The molecular weight excluding hydrogens is 196 g/mol. The van der Waals surface area contributed by atoms with Crippen LogP contribution in [0, 0.1) is 0 Å². The minimum atomic E-state index is -0.976. The summed E-state index contributed by atoms with van der Waals surface area (Å²) in [5, 5.41) is 8.78. The molecule has 0 aromatic carbocycles. The van der Waals surface area contributed by atoms with E-state index in [1.807, 2.05) is 0 Å². The maximum Gasteiger partial charge on any atom is 0.339 e. The van der Waals surface area contributed by atoms with Crippen LogP contribution in [0.2, 0.25) is 0 Å². The second-order valence-electron chi connectivity index (χ2n) is 3.32. The van der Waals surface area contributed by atoms with Gasteiger partial charge >= 0.3 is 5.97 Å². The predicted molar refractivity (Wildman–Crippen MR) is 54.8 cm³/mol. The molecule has 0 radical (unpaired) electrons. The zero-order chi connectivity index (χ0) is 11.1. The zero-order valence-corrected chi connectivity index (χ0v) is 8.86. The molecule has 1 rings (SSSR count). The lowest BCUT2D eigenvalue weighted by Crippen LogP contribution is -2.01. The average molecular weight is 212 g/mol. The van der Waals surface area contributed by atoms with Crippen molar-refractivity contribution in [3.8, 4) is 0 Å². The first kappa shape index (κ1) is 11.8. The van der Waals surface area contributed by atoms with Crippen molar-refractivity contribution in [1.82, 2.24) is 0 Å². The topological polar surface area (TPSA) is 59.7 Å². The van der Waals surface area contributed by atoms with Gasteiger partial charge in [-0.25, -0.2) is 4.79 Å². The van der Waals surface area contributed by atoms with Crippen molar-refractivity contribution in [2.24, 2.45) is 0 Å². The van der Waals surface area contributed by atoms with Crippen LogP contribution in [-0.2, 0) is 11.3 Å². The Balaban J connectivity index is 2.31. The van der Waals surface area contributed by atoms with Crippen LogP contribution in [0.25, 0.3) is 0 Å². The molecule has 1 aromatic heterocycles. The molecule has 15 heavy (non-hydrogen) atoms. The van der Waals surface area contributed by atoms with Crippen LogP contribution in [0.5, 0.6) is 0 Å². The quantitative estimate of drug-likeness (QED) is 0.706. The summed E-state index contributed by atoms with van der Waals surface area (Å²) in [4.78, 5) is 10.7.